The van der Waals surface area contributed by atoms with Crippen molar-refractivity contribution in [2.45, 2.75) is 38.0 Å². The minimum Gasteiger partial charge on any atom is -0.293 e. The van der Waals surface area contributed by atoms with Gasteiger partial charge in [0.15, 0.2) is 5.78 Å². The highest BCUT2D eigenvalue weighted by Gasteiger charge is 2.31. The Kier molecular flexibility index (Phi) is 4.31. The maximum Gasteiger partial charge on any atom is 0.176 e. The fourth-order valence-electron chi connectivity index (χ4n) is 2.33. The lowest BCUT2D eigenvalue weighted by molar-refractivity contribution is 0.0983. The van der Waals surface area contributed by atoms with E-state index in [9.17, 15) is 9.18 Å². The van der Waals surface area contributed by atoms with Crippen LogP contribution in [0.4, 0.5) is 4.39 Å². The van der Waals surface area contributed by atoms with Crippen LogP contribution in [0.1, 0.15) is 52.5 Å². The lowest BCUT2D eigenvalue weighted by Crippen LogP contribution is -2.02. The van der Waals surface area contributed by atoms with Gasteiger partial charge in [0.25, 0.3) is 0 Å². The molecule has 2 aromatic rings. The van der Waals surface area contributed by atoms with Gasteiger partial charge >= 0.3 is 0 Å². The summed E-state index contributed by atoms with van der Waals surface area (Å²) in [6.45, 7) is 0. The zero-order valence-electron chi connectivity index (χ0n) is 11.3. The fourth-order valence-corrected chi connectivity index (χ4v) is 3.30. The molecule has 0 unspecified atom stereocenters. The summed E-state index contributed by atoms with van der Waals surface area (Å²) in [5.74, 6) is 0.163. The van der Waals surface area contributed by atoms with Crippen LogP contribution in [0.15, 0.2) is 18.2 Å². The van der Waals surface area contributed by atoms with Crippen LogP contribution in [0.3, 0.4) is 0 Å². The quantitative estimate of drug-likeness (QED) is 0.739. The standard InChI is InChI=1S/C15H14ClFN2OS/c16-11-4-2-5-12(17)10(11)3-1-6-13(20)15-14(9-7-8-9)18-19-21-15/h2,4-5,9H,1,3,6-8H2. The number of hydrogen-bond donors (Lipinski definition) is 0. The summed E-state index contributed by atoms with van der Waals surface area (Å²) in [4.78, 5) is 12.9. The van der Waals surface area contributed by atoms with E-state index in [1.165, 1.54) is 17.6 Å². The van der Waals surface area contributed by atoms with Crippen molar-refractivity contribution in [1.29, 1.82) is 0 Å². The summed E-state index contributed by atoms with van der Waals surface area (Å²) in [5, 5.41) is 4.48. The molecule has 1 aromatic heterocycles. The van der Waals surface area contributed by atoms with Crippen LogP contribution in [0.2, 0.25) is 5.02 Å². The average Bonchev–Trinajstić information content (AvgIpc) is 3.19. The number of halogens is 2. The first-order valence-corrected chi connectivity index (χ1v) is 8.10. The molecule has 21 heavy (non-hydrogen) atoms. The second-order valence-electron chi connectivity index (χ2n) is 5.24. The molecule has 0 saturated heterocycles. The van der Waals surface area contributed by atoms with Gasteiger partial charge in [0.1, 0.15) is 10.7 Å². The van der Waals surface area contributed by atoms with Gasteiger partial charge in [-0.05, 0) is 49.3 Å². The summed E-state index contributed by atoms with van der Waals surface area (Å²) in [6.07, 6.45) is 3.59. The van der Waals surface area contributed by atoms with Crippen molar-refractivity contribution in [2.75, 3.05) is 0 Å². The number of aromatic nitrogens is 2. The third-order valence-corrected chi connectivity index (χ3v) is 4.76. The Morgan fingerprint density at radius 3 is 2.95 bits per heavy atom. The van der Waals surface area contributed by atoms with Crippen LogP contribution in [-0.4, -0.2) is 15.4 Å². The molecule has 110 valence electrons. The Hall–Kier alpha value is -1.33. The van der Waals surface area contributed by atoms with E-state index >= 15 is 0 Å². The Morgan fingerprint density at radius 2 is 2.24 bits per heavy atom. The molecule has 0 spiro atoms. The predicted octanol–water partition coefficient (Wildman–Crippen LogP) is 4.41. The predicted molar refractivity (Wildman–Crippen MR) is 80.6 cm³/mol. The third-order valence-electron chi connectivity index (χ3n) is 3.62. The smallest absolute Gasteiger partial charge is 0.176 e. The molecule has 1 aromatic carbocycles. The molecule has 1 saturated carbocycles. The minimum absolute atomic E-state index is 0.0550. The normalized spacial score (nSPS) is 14.4. The molecule has 3 rings (SSSR count). The highest BCUT2D eigenvalue weighted by atomic mass is 35.5. The van der Waals surface area contributed by atoms with Gasteiger partial charge in [-0.15, -0.1) is 5.10 Å². The molecule has 0 aliphatic heterocycles. The number of carbonyl (C=O) groups is 1. The Labute approximate surface area is 131 Å². The Bertz CT molecular complexity index is 649. The number of ketones is 1. The molecule has 1 fully saturated rings. The maximum absolute atomic E-state index is 13.6. The molecular formula is C15H14ClFN2OS. The third kappa shape index (κ3) is 3.30. The molecule has 0 radical (unpaired) electrons. The van der Waals surface area contributed by atoms with Gasteiger partial charge < -0.3 is 0 Å². The zero-order valence-corrected chi connectivity index (χ0v) is 12.9. The first-order valence-electron chi connectivity index (χ1n) is 6.95. The van der Waals surface area contributed by atoms with Crippen molar-refractivity contribution in [3.8, 4) is 0 Å². The monoisotopic (exact) mass is 324 g/mol. The number of carbonyl (C=O) groups excluding carboxylic acids is 1. The maximum atomic E-state index is 13.6. The van der Waals surface area contributed by atoms with Crippen molar-refractivity contribution >= 4 is 28.9 Å². The lowest BCUT2D eigenvalue weighted by atomic mass is 10.0. The summed E-state index contributed by atoms with van der Waals surface area (Å²) < 4.78 is 17.5. The number of Topliss-reactive ketones (excluding diaryl/α,β-unsaturated/α-hetero) is 1. The Morgan fingerprint density at radius 1 is 1.43 bits per heavy atom. The SMILES string of the molecule is O=C(CCCc1c(F)cccc1Cl)c1snnc1C1CC1. The first-order chi connectivity index (χ1) is 10.2. The second kappa shape index (κ2) is 6.20. The van der Waals surface area contributed by atoms with Gasteiger partial charge in [-0.25, -0.2) is 4.39 Å². The van der Waals surface area contributed by atoms with Gasteiger partial charge in [-0.3, -0.25) is 4.79 Å². The number of hydrogen-bond acceptors (Lipinski definition) is 4. The molecule has 3 nitrogen and oxygen atoms in total. The zero-order chi connectivity index (χ0) is 14.8. The van der Waals surface area contributed by atoms with Crippen molar-refractivity contribution in [2.24, 2.45) is 0 Å². The van der Waals surface area contributed by atoms with E-state index in [1.54, 1.807) is 12.1 Å². The van der Waals surface area contributed by atoms with Crippen LogP contribution in [0.25, 0.3) is 0 Å². The van der Waals surface area contributed by atoms with Gasteiger partial charge in [0.2, 0.25) is 0 Å². The van der Waals surface area contributed by atoms with Crippen LogP contribution in [-0.2, 0) is 6.42 Å². The highest BCUT2D eigenvalue weighted by Crippen LogP contribution is 2.41. The molecule has 0 bridgehead atoms. The van der Waals surface area contributed by atoms with Crippen LogP contribution in [0.5, 0.6) is 0 Å². The highest BCUT2D eigenvalue weighted by molar-refractivity contribution is 7.08. The van der Waals surface area contributed by atoms with Gasteiger partial charge in [-0.1, -0.05) is 22.2 Å². The molecule has 0 atom stereocenters. The van der Waals surface area contributed by atoms with E-state index in [0.29, 0.717) is 40.6 Å². The molecule has 1 aliphatic carbocycles. The molecule has 1 aliphatic rings. The summed E-state index contributed by atoms with van der Waals surface area (Å²) >= 11 is 7.14. The van der Waals surface area contributed by atoms with E-state index in [2.05, 4.69) is 9.59 Å². The molecule has 1 heterocycles. The summed E-state index contributed by atoms with van der Waals surface area (Å²) in [6, 6.07) is 4.64. The van der Waals surface area contributed by atoms with Crippen LogP contribution < -0.4 is 0 Å². The van der Waals surface area contributed by atoms with Crippen molar-refractivity contribution in [1.82, 2.24) is 9.59 Å². The largest absolute Gasteiger partial charge is 0.293 e. The molecular weight excluding hydrogens is 311 g/mol. The van der Waals surface area contributed by atoms with Crippen LogP contribution in [0, 0.1) is 5.82 Å². The minimum atomic E-state index is -0.312. The molecule has 0 N–H and O–H groups in total. The van der Waals surface area contributed by atoms with Crippen molar-refractivity contribution in [3.05, 3.63) is 45.2 Å². The number of benzene rings is 1. The van der Waals surface area contributed by atoms with Gasteiger partial charge in [0.05, 0.1) is 5.69 Å². The Balaban J connectivity index is 1.60. The average molecular weight is 325 g/mol. The first kappa shape index (κ1) is 14.6. The molecule has 0 amide bonds. The lowest BCUT2D eigenvalue weighted by Gasteiger charge is -2.05. The fraction of sp³-hybridized carbons (Fsp3) is 0.400. The second-order valence-corrected chi connectivity index (χ2v) is 6.40. The number of rotatable bonds is 6. The van der Waals surface area contributed by atoms with Gasteiger partial charge in [-0.2, -0.15) is 0 Å². The van der Waals surface area contributed by atoms with E-state index in [1.807, 2.05) is 0 Å². The van der Waals surface area contributed by atoms with E-state index < -0.39 is 0 Å². The van der Waals surface area contributed by atoms with Crippen LogP contribution >= 0.6 is 23.1 Å². The number of nitrogens with zero attached hydrogens (tertiary/aromatic N) is 2. The van der Waals surface area contributed by atoms with Crippen molar-refractivity contribution < 1.29 is 9.18 Å². The summed E-state index contributed by atoms with van der Waals surface area (Å²) in [7, 11) is 0. The summed E-state index contributed by atoms with van der Waals surface area (Å²) in [5.41, 5.74) is 1.34. The molecule has 6 heteroatoms. The van der Waals surface area contributed by atoms with E-state index in [-0.39, 0.29) is 11.6 Å². The van der Waals surface area contributed by atoms with E-state index in [0.717, 1.165) is 18.5 Å². The van der Waals surface area contributed by atoms with E-state index in [4.69, 9.17) is 11.6 Å². The topological polar surface area (TPSA) is 42.9 Å². The van der Waals surface area contributed by atoms with Crippen molar-refractivity contribution in [3.63, 3.8) is 0 Å². The van der Waals surface area contributed by atoms with Gasteiger partial charge in [0, 0.05) is 22.9 Å².